The number of sulfone groups is 1. The molecule has 10 heteroatoms. The van der Waals surface area contributed by atoms with Gasteiger partial charge in [0.05, 0.1) is 50.4 Å². The van der Waals surface area contributed by atoms with Gasteiger partial charge >= 0.3 is 0 Å². The second kappa shape index (κ2) is 7.79. The molecule has 0 radical (unpaired) electrons. The van der Waals surface area contributed by atoms with E-state index in [2.05, 4.69) is 10.4 Å². The van der Waals surface area contributed by atoms with Gasteiger partial charge in [-0.15, -0.1) is 11.3 Å². The van der Waals surface area contributed by atoms with Gasteiger partial charge in [-0.3, -0.25) is 4.79 Å². The first-order chi connectivity index (χ1) is 15.3. The number of amides is 1. The number of benzene rings is 1. The molecule has 5 rings (SSSR count). The smallest absolute Gasteiger partial charge is 0.256 e. The van der Waals surface area contributed by atoms with Crippen molar-refractivity contribution in [3.05, 3.63) is 64.9 Å². The van der Waals surface area contributed by atoms with Crippen LogP contribution in [-0.2, 0) is 9.84 Å². The molecule has 7 nitrogen and oxygen atoms in total. The van der Waals surface area contributed by atoms with Gasteiger partial charge in [-0.25, -0.2) is 22.5 Å². The van der Waals surface area contributed by atoms with Crippen molar-refractivity contribution in [2.24, 2.45) is 0 Å². The molecule has 4 aromatic rings. The quantitative estimate of drug-likeness (QED) is 0.482. The average Bonchev–Trinajstić information content (AvgIpc) is 3.48. The summed E-state index contributed by atoms with van der Waals surface area (Å²) in [5.74, 6) is -0.927. The van der Waals surface area contributed by atoms with Crippen molar-refractivity contribution in [2.45, 2.75) is 19.4 Å². The number of carbonyl (C=O) groups is 1. The van der Waals surface area contributed by atoms with Crippen LogP contribution in [0.3, 0.4) is 0 Å². The molecule has 1 N–H and O–H groups in total. The van der Waals surface area contributed by atoms with E-state index in [1.165, 1.54) is 23.5 Å². The highest BCUT2D eigenvalue weighted by Crippen LogP contribution is 2.33. The molecule has 1 atom stereocenters. The third kappa shape index (κ3) is 3.69. The van der Waals surface area contributed by atoms with Crippen LogP contribution in [0, 0.1) is 12.7 Å². The number of anilines is 1. The number of nitrogens with one attached hydrogen (secondary N) is 1. The fraction of sp³-hybridized carbons (Fsp3) is 0.227. The highest BCUT2D eigenvalue weighted by Gasteiger charge is 2.32. The van der Waals surface area contributed by atoms with Crippen molar-refractivity contribution in [1.82, 2.24) is 14.8 Å². The minimum Gasteiger partial charge on any atom is -0.319 e. The van der Waals surface area contributed by atoms with Crippen LogP contribution in [0.15, 0.2) is 47.8 Å². The molecule has 1 fully saturated rings. The lowest BCUT2D eigenvalue weighted by atomic mass is 10.1. The SMILES string of the molecule is Cc1nn(C2CCS(=O)(=O)C2)c2nc(-c3cccs3)cc(C(=O)Nc3ccccc3F)c12. The number of carbonyl (C=O) groups excluding carboxylic acids is 1. The molecule has 1 saturated heterocycles. The molecule has 0 aliphatic carbocycles. The van der Waals surface area contributed by atoms with Gasteiger partial charge in [0.15, 0.2) is 15.5 Å². The van der Waals surface area contributed by atoms with Crippen LogP contribution in [0.5, 0.6) is 0 Å². The number of thiophene rings is 1. The van der Waals surface area contributed by atoms with Crippen LogP contribution in [0.4, 0.5) is 10.1 Å². The normalized spacial score (nSPS) is 17.6. The maximum atomic E-state index is 14.1. The molecule has 0 spiro atoms. The van der Waals surface area contributed by atoms with E-state index in [4.69, 9.17) is 4.98 Å². The first-order valence-electron chi connectivity index (χ1n) is 10.0. The molecule has 0 bridgehead atoms. The first kappa shape index (κ1) is 20.8. The number of rotatable bonds is 4. The third-order valence-corrected chi connectivity index (χ3v) is 8.17. The Morgan fingerprint density at radius 2 is 2.06 bits per heavy atom. The summed E-state index contributed by atoms with van der Waals surface area (Å²) in [6.45, 7) is 1.76. The maximum absolute atomic E-state index is 14.1. The number of halogens is 1. The van der Waals surface area contributed by atoms with Gasteiger partial charge in [0.25, 0.3) is 5.91 Å². The van der Waals surface area contributed by atoms with Gasteiger partial charge in [-0.1, -0.05) is 18.2 Å². The number of nitrogens with zero attached hydrogens (tertiary/aromatic N) is 3. The summed E-state index contributed by atoms with van der Waals surface area (Å²) in [5, 5.41) is 9.65. The fourth-order valence-corrected chi connectivity index (χ4v) is 6.40. The topological polar surface area (TPSA) is 93.9 Å². The lowest BCUT2D eigenvalue weighted by Crippen LogP contribution is -2.15. The Kier molecular flexibility index (Phi) is 5.06. The number of hydrogen-bond donors (Lipinski definition) is 1. The third-order valence-electron chi connectivity index (χ3n) is 5.53. The lowest BCUT2D eigenvalue weighted by molar-refractivity contribution is 0.102. The molecule has 3 aromatic heterocycles. The number of pyridine rings is 1. The van der Waals surface area contributed by atoms with E-state index in [1.807, 2.05) is 17.5 Å². The standard InChI is InChI=1S/C22H19FN4O3S2/c1-13-20-15(22(28)25-17-6-3-2-5-16(17)23)11-18(19-7-4-9-31-19)24-21(20)27(26-13)14-8-10-32(29,30)12-14/h2-7,9,11,14H,8,10,12H2,1H3,(H,25,28). The Morgan fingerprint density at radius 1 is 1.25 bits per heavy atom. The zero-order valence-electron chi connectivity index (χ0n) is 17.1. The van der Waals surface area contributed by atoms with E-state index in [1.54, 1.807) is 29.8 Å². The average molecular weight is 471 g/mol. The van der Waals surface area contributed by atoms with Crippen LogP contribution in [0.2, 0.25) is 0 Å². The van der Waals surface area contributed by atoms with E-state index in [9.17, 15) is 17.6 Å². The summed E-state index contributed by atoms with van der Waals surface area (Å²) >= 11 is 1.48. The van der Waals surface area contributed by atoms with E-state index >= 15 is 0 Å². The van der Waals surface area contributed by atoms with Gasteiger partial charge in [-0.2, -0.15) is 5.10 Å². The Bertz CT molecular complexity index is 1450. The van der Waals surface area contributed by atoms with Crippen LogP contribution < -0.4 is 5.32 Å². The fourth-order valence-electron chi connectivity index (χ4n) is 4.02. The van der Waals surface area contributed by atoms with Crippen LogP contribution in [-0.4, -0.2) is 40.6 Å². The molecule has 4 heterocycles. The molecule has 0 saturated carbocycles. The maximum Gasteiger partial charge on any atom is 0.256 e. The highest BCUT2D eigenvalue weighted by molar-refractivity contribution is 7.91. The number of hydrogen-bond acceptors (Lipinski definition) is 6. The van der Waals surface area contributed by atoms with Gasteiger partial charge in [0.2, 0.25) is 0 Å². The molecule has 1 aliphatic rings. The number of aryl methyl sites for hydroxylation is 1. The molecule has 1 unspecified atom stereocenters. The predicted octanol–water partition coefficient (Wildman–Crippen LogP) is 4.22. The Labute approximate surface area is 187 Å². The van der Waals surface area contributed by atoms with Gasteiger partial charge < -0.3 is 5.32 Å². The Hall–Kier alpha value is -3.11. The Morgan fingerprint density at radius 3 is 2.75 bits per heavy atom. The largest absolute Gasteiger partial charge is 0.319 e. The minimum absolute atomic E-state index is 0.00904. The number of para-hydroxylation sites is 1. The van der Waals surface area contributed by atoms with Gasteiger partial charge in [0, 0.05) is 0 Å². The van der Waals surface area contributed by atoms with E-state index in [0.29, 0.717) is 34.4 Å². The van der Waals surface area contributed by atoms with Crippen molar-refractivity contribution >= 4 is 43.8 Å². The number of fused-ring (bicyclic) bond motifs is 1. The zero-order valence-corrected chi connectivity index (χ0v) is 18.7. The van der Waals surface area contributed by atoms with Crippen molar-refractivity contribution in [3.63, 3.8) is 0 Å². The van der Waals surface area contributed by atoms with Crippen molar-refractivity contribution < 1.29 is 17.6 Å². The molecule has 32 heavy (non-hydrogen) atoms. The highest BCUT2D eigenvalue weighted by atomic mass is 32.2. The van der Waals surface area contributed by atoms with Crippen LogP contribution >= 0.6 is 11.3 Å². The van der Waals surface area contributed by atoms with Crippen LogP contribution in [0.1, 0.15) is 28.5 Å². The minimum atomic E-state index is -3.14. The second-order valence-electron chi connectivity index (χ2n) is 7.75. The van der Waals surface area contributed by atoms with Crippen molar-refractivity contribution in [2.75, 3.05) is 16.8 Å². The lowest BCUT2D eigenvalue weighted by Gasteiger charge is -2.12. The summed E-state index contributed by atoms with van der Waals surface area (Å²) in [5.41, 5.74) is 1.98. The van der Waals surface area contributed by atoms with Gasteiger partial charge in [0.1, 0.15) is 5.82 Å². The molecule has 1 aromatic carbocycles. The van der Waals surface area contributed by atoms with Crippen LogP contribution in [0.25, 0.3) is 21.6 Å². The second-order valence-corrected chi connectivity index (χ2v) is 10.9. The van der Waals surface area contributed by atoms with E-state index < -0.39 is 21.6 Å². The summed E-state index contributed by atoms with van der Waals surface area (Å²) in [6, 6.07) is 11.1. The zero-order chi connectivity index (χ0) is 22.5. The molecular weight excluding hydrogens is 451 g/mol. The Balaban J connectivity index is 1.68. The first-order valence-corrected chi connectivity index (χ1v) is 12.7. The van der Waals surface area contributed by atoms with E-state index in [0.717, 1.165) is 4.88 Å². The summed E-state index contributed by atoms with van der Waals surface area (Å²) in [7, 11) is -3.14. The summed E-state index contributed by atoms with van der Waals surface area (Å²) < 4.78 is 39.9. The number of aromatic nitrogens is 3. The van der Waals surface area contributed by atoms with Crippen molar-refractivity contribution in [1.29, 1.82) is 0 Å². The van der Waals surface area contributed by atoms with Crippen molar-refractivity contribution in [3.8, 4) is 10.6 Å². The monoisotopic (exact) mass is 470 g/mol. The molecule has 1 amide bonds. The molecular formula is C22H19FN4O3S2. The van der Waals surface area contributed by atoms with E-state index in [-0.39, 0.29) is 23.2 Å². The summed E-state index contributed by atoms with van der Waals surface area (Å²) in [4.78, 5) is 18.9. The predicted molar refractivity (Wildman–Crippen MR) is 122 cm³/mol. The molecule has 1 aliphatic heterocycles. The summed E-state index contributed by atoms with van der Waals surface area (Å²) in [6.07, 6.45) is 0.445. The van der Waals surface area contributed by atoms with Gasteiger partial charge in [-0.05, 0) is 43.0 Å². The molecule has 164 valence electrons.